The summed E-state index contributed by atoms with van der Waals surface area (Å²) in [6.45, 7) is 3.62. The Bertz CT molecular complexity index is 136. The molecule has 66 valence electrons. The molecule has 5 heteroatoms. The van der Waals surface area contributed by atoms with Gasteiger partial charge < -0.3 is 11.1 Å². The van der Waals surface area contributed by atoms with Gasteiger partial charge in [0, 0.05) is 6.54 Å². The molecule has 0 aromatic heterocycles. The molecule has 0 fully saturated rings. The van der Waals surface area contributed by atoms with Gasteiger partial charge in [0.05, 0.1) is 6.04 Å². The van der Waals surface area contributed by atoms with Gasteiger partial charge in [-0.15, -0.1) is 0 Å². The van der Waals surface area contributed by atoms with Crippen LogP contribution in [0.3, 0.4) is 0 Å². The molecule has 0 amide bonds. The van der Waals surface area contributed by atoms with E-state index in [1.54, 1.807) is 6.92 Å². The highest BCUT2D eigenvalue weighted by Gasteiger charge is 2.13. The average molecular weight is 165 g/mol. The molecule has 1 unspecified atom stereocenters. The third kappa shape index (κ3) is 4.52. The molecule has 11 heavy (non-hydrogen) atoms. The van der Waals surface area contributed by atoms with Crippen LogP contribution in [0.1, 0.15) is 13.8 Å². The minimum atomic E-state index is -2.42. The number of aliphatic imine (C=N–C) groups is 1. The Morgan fingerprint density at radius 1 is 1.64 bits per heavy atom. The van der Waals surface area contributed by atoms with Crippen molar-refractivity contribution in [3.63, 3.8) is 0 Å². The maximum absolute atomic E-state index is 11.9. The largest absolute Gasteiger partial charge is 0.370 e. The van der Waals surface area contributed by atoms with E-state index in [1.165, 1.54) is 6.92 Å². The van der Waals surface area contributed by atoms with E-state index >= 15 is 0 Å². The fourth-order valence-electron chi connectivity index (χ4n) is 0.512. The maximum atomic E-state index is 11.9. The van der Waals surface area contributed by atoms with E-state index in [9.17, 15) is 8.78 Å². The molecule has 0 spiro atoms. The quantitative estimate of drug-likeness (QED) is 0.474. The van der Waals surface area contributed by atoms with Crippen LogP contribution in [-0.2, 0) is 0 Å². The van der Waals surface area contributed by atoms with Gasteiger partial charge in [-0.25, -0.2) is 8.78 Å². The molecule has 0 saturated carbocycles. The van der Waals surface area contributed by atoms with Gasteiger partial charge in [-0.05, 0) is 13.8 Å². The summed E-state index contributed by atoms with van der Waals surface area (Å²) in [5.74, 6) is 0.0697. The van der Waals surface area contributed by atoms with Crippen molar-refractivity contribution in [2.45, 2.75) is 26.3 Å². The van der Waals surface area contributed by atoms with E-state index < -0.39 is 12.5 Å². The van der Waals surface area contributed by atoms with Crippen LogP contribution in [0, 0.1) is 0 Å². The van der Waals surface area contributed by atoms with Crippen molar-refractivity contribution in [3.8, 4) is 0 Å². The molecule has 1 atom stereocenters. The summed E-state index contributed by atoms with van der Waals surface area (Å²) in [5.41, 5.74) is 5.23. The van der Waals surface area contributed by atoms with Gasteiger partial charge in [-0.3, -0.25) is 4.99 Å². The van der Waals surface area contributed by atoms with Crippen molar-refractivity contribution >= 4 is 5.96 Å². The minimum absolute atomic E-state index is 0.0697. The molecule has 0 aliphatic carbocycles. The number of nitrogens with two attached hydrogens (primary N) is 1. The van der Waals surface area contributed by atoms with Gasteiger partial charge in [0.2, 0.25) is 0 Å². The van der Waals surface area contributed by atoms with Crippen LogP contribution in [0.2, 0.25) is 0 Å². The zero-order valence-electron chi connectivity index (χ0n) is 6.64. The molecule has 0 aliphatic heterocycles. The topological polar surface area (TPSA) is 50.4 Å². The van der Waals surface area contributed by atoms with E-state index in [-0.39, 0.29) is 5.96 Å². The highest BCUT2D eigenvalue weighted by Crippen LogP contribution is 1.97. The summed E-state index contributed by atoms with van der Waals surface area (Å²) in [7, 11) is 0. The zero-order chi connectivity index (χ0) is 8.85. The summed E-state index contributed by atoms with van der Waals surface area (Å²) >= 11 is 0. The standard InChI is InChI=1S/C6H13F2N3/c1-3-10-6(9)11-4(2)5(7)8/h4-5H,3H2,1-2H3,(H3,9,10,11). The van der Waals surface area contributed by atoms with Crippen LogP contribution in [0.25, 0.3) is 0 Å². The fourth-order valence-corrected chi connectivity index (χ4v) is 0.512. The molecule has 0 radical (unpaired) electrons. The van der Waals surface area contributed by atoms with Crippen molar-refractivity contribution in [1.29, 1.82) is 0 Å². The molecule has 3 nitrogen and oxygen atoms in total. The van der Waals surface area contributed by atoms with E-state index in [0.717, 1.165) is 0 Å². The summed E-state index contributed by atoms with van der Waals surface area (Å²) in [6, 6.07) is -0.940. The van der Waals surface area contributed by atoms with E-state index in [0.29, 0.717) is 6.54 Å². The highest BCUT2D eigenvalue weighted by atomic mass is 19.3. The van der Waals surface area contributed by atoms with Gasteiger partial charge in [0.1, 0.15) is 0 Å². The molecular formula is C6H13F2N3. The van der Waals surface area contributed by atoms with Gasteiger partial charge >= 0.3 is 0 Å². The Morgan fingerprint density at radius 3 is 2.55 bits per heavy atom. The second-order valence-electron chi connectivity index (χ2n) is 2.13. The van der Waals surface area contributed by atoms with E-state index in [4.69, 9.17) is 5.73 Å². The Morgan fingerprint density at radius 2 is 2.18 bits per heavy atom. The van der Waals surface area contributed by atoms with Crippen LogP contribution >= 0.6 is 0 Å². The number of nitrogens with zero attached hydrogens (tertiary/aromatic N) is 1. The van der Waals surface area contributed by atoms with Crippen LogP contribution in [0.15, 0.2) is 4.99 Å². The summed E-state index contributed by atoms with van der Waals surface area (Å²) in [5, 5.41) is 2.36. The van der Waals surface area contributed by atoms with E-state index in [2.05, 4.69) is 10.3 Å². The predicted octanol–water partition coefficient (Wildman–Crippen LogP) is 0.564. The SMILES string of the molecule is CCN=C(N)NC(C)C(F)F. The summed E-state index contributed by atoms with van der Waals surface area (Å²) < 4.78 is 23.7. The number of rotatable bonds is 3. The number of hydrogen-bond donors (Lipinski definition) is 2. The maximum Gasteiger partial charge on any atom is 0.258 e. The molecule has 0 heterocycles. The lowest BCUT2D eigenvalue weighted by Crippen LogP contribution is -2.42. The van der Waals surface area contributed by atoms with E-state index in [1.807, 2.05) is 0 Å². The molecule has 3 N–H and O–H groups in total. The zero-order valence-corrected chi connectivity index (χ0v) is 6.64. The summed E-state index contributed by atoms with van der Waals surface area (Å²) in [4.78, 5) is 3.70. The first-order chi connectivity index (χ1) is 5.07. The number of alkyl halides is 2. The third-order valence-electron chi connectivity index (χ3n) is 1.08. The monoisotopic (exact) mass is 165 g/mol. The molecule has 0 bridgehead atoms. The predicted molar refractivity (Wildman–Crippen MR) is 40.8 cm³/mol. The first-order valence-corrected chi connectivity index (χ1v) is 3.42. The average Bonchev–Trinajstić information content (AvgIpc) is 1.87. The van der Waals surface area contributed by atoms with Gasteiger partial charge in [-0.1, -0.05) is 0 Å². The first kappa shape index (κ1) is 10.1. The smallest absolute Gasteiger partial charge is 0.258 e. The number of guanidine groups is 1. The Kier molecular flexibility index (Phi) is 4.49. The molecular weight excluding hydrogens is 152 g/mol. The fraction of sp³-hybridized carbons (Fsp3) is 0.833. The second kappa shape index (κ2) is 4.87. The van der Waals surface area contributed by atoms with Crippen LogP contribution in [-0.4, -0.2) is 25.0 Å². The molecule has 0 aliphatic rings. The van der Waals surface area contributed by atoms with Gasteiger partial charge in [-0.2, -0.15) is 0 Å². The van der Waals surface area contributed by atoms with Crippen molar-refractivity contribution < 1.29 is 8.78 Å². The number of halogens is 2. The second-order valence-corrected chi connectivity index (χ2v) is 2.13. The number of nitrogens with one attached hydrogen (secondary N) is 1. The van der Waals surface area contributed by atoms with Crippen molar-refractivity contribution in [1.82, 2.24) is 5.32 Å². The Balaban J connectivity index is 3.75. The van der Waals surface area contributed by atoms with Gasteiger partial charge in [0.15, 0.2) is 5.96 Å². The van der Waals surface area contributed by atoms with Crippen LogP contribution in [0.4, 0.5) is 8.78 Å². The summed E-state index contributed by atoms with van der Waals surface area (Å²) in [6.07, 6.45) is -2.42. The highest BCUT2D eigenvalue weighted by molar-refractivity contribution is 5.78. The molecule has 0 rings (SSSR count). The normalized spacial score (nSPS) is 15.2. The number of hydrogen-bond acceptors (Lipinski definition) is 1. The van der Waals surface area contributed by atoms with Crippen molar-refractivity contribution in [3.05, 3.63) is 0 Å². The van der Waals surface area contributed by atoms with Crippen molar-refractivity contribution in [2.75, 3.05) is 6.54 Å². The van der Waals surface area contributed by atoms with Crippen molar-refractivity contribution in [2.24, 2.45) is 10.7 Å². The Labute approximate surface area is 64.7 Å². The lowest BCUT2D eigenvalue weighted by Gasteiger charge is -2.12. The molecule has 0 saturated heterocycles. The molecule has 0 aromatic rings. The van der Waals surface area contributed by atoms with Gasteiger partial charge in [0.25, 0.3) is 6.43 Å². The lowest BCUT2D eigenvalue weighted by molar-refractivity contribution is 0.115. The molecule has 0 aromatic carbocycles. The third-order valence-corrected chi connectivity index (χ3v) is 1.08. The van der Waals surface area contributed by atoms with Crippen LogP contribution in [0.5, 0.6) is 0 Å². The minimum Gasteiger partial charge on any atom is -0.370 e. The van der Waals surface area contributed by atoms with Crippen LogP contribution < -0.4 is 11.1 Å². The lowest BCUT2D eigenvalue weighted by atomic mass is 10.4. The first-order valence-electron chi connectivity index (χ1n) is 3.42. The Hall–Kier alpha value is -0.870.